The summed E-state index contributed by atoms with van der Waals surface area (Å²) < 4.78 is 22.5. The fourth-order valence-corrected chi connectivity index (χ4v) is 3.35. The second kappa shape index (κ2) is 8.95. The number of carbonyl (C=O) groups is 1. The van der Waals surface area contributed by atoms with Crippen LogP contribution >= 0.6 is 0 Å². The van der Waals surface area contributed by atoms with E-state index >= 15 is 0 Å². The van der Waals surface area contributed by atoms with Crippen molar-refractivity contribution in [2.75, 3.05) is 32.3 Å². The van der Waals surface area contributed by atoms with Gasteiger partial charge in [-0.25, -0.2) is 4.98 Å². The summed E-state index contributed by atoms with van der Waals surface area (Å²) in [5.41, 5.74) is 1.95. The molecule has 31 heavy (non-hydrogen) atoms. The molecule has 0 saturated carbocycles. The molecule has 7 nitrogen and oxygen atoms in total. The Morgan fingerprint density at radius 1 is 0.935 bits per heavy atom. The smallest absolute Gasteiger partial charge is 0.263 e. The molecular weight excluding hydrogens is 396 g/mol. The number of amides is 1. The minimum atomic E-state index is -0.413. The molecule has 4 rings (SSSR count). The van der Waals surface area contributed by atoms with Gasteiger partial charge >= 0.3 is 0 Å². The number of aryl methyl sites for hydroxylation is 1. The highest BCUT2D eigenvalue weighted by Gasteiger charge is 2.31. The van der Waals surface area contributed by atoms with E-state index in [2.05, 4.69) is 4.98 Å². The second-order valence-corrected chi connectivity index (χ2v) is 7.15. The van der Waals surface area contributed by atoms with Crippen LogP contribution in [-0.2, 0) is 0 Å². The first-order valence-electron chi connectivity index (χ1n) is 9.94. The number of methoxy groups -OCH3 is 2. The van der Waals surface area contributed by atoms with Gasteiger partial charge in [0.1, 0.15) is 29.4 Å². The van der Waals surface area contributed by atoms with Gasteiger partial charge in [-0.1, -0.05) is 0 Å². The number of benzene rings is 2. The molecule has 1 unspecified atom stereocenters. The summed E-state index contributed by atoms with van der Waals surface area (Å²) >= 11 is 0. The zero-order valence-corrected chi connectivity index (χ0v) is 17.7. The molecule has 0 N–H and O–H groups in total. The first-order chi connectivity index (χ1) is 15.1. The molecule has 0 aliphatic carbocycles. The lowest BCUT2D eigenvalue weighted by Crippen LogP contribution is -2.40. The molecule has 1 amide bonds. The Bertz CT molecular complexity index is 1050. The van der Waals surface area contributed by atoms with Crippen molar-refractivity contribution in [3.05, 3.63) is 71.9 Å². The zero-order valence-electron chi connectivity index (χ0n) is 17.7. The topological polar surface area (TPSA) is 70.1 Å². The predicted octanol–water partition coefficient (Wildman–Crippen LogP) is 3.89. The molecule has 2 aromatic carbocycles. The lowest BCUT2D eigenvalue weighted by atomic mass is 10.2. The van der Waals surface area contributed by atoms with E-state index in [1.807, 2.05) is 55.5 Å². The van der Waals surface area contributed by atoms with Crippen molar-refractivity contribution in [3.63, 3.8) is 0 Å². The van der Waals surface area contributed by atoms with Crippen LogP contribution in [0.5, 0.6) is 23.1 Å². The number of fused-ring (bicyclic) bond motifs is 1. The Morgan fingerprint density at radius 2 is 1.55 bits per heavy atom. The number of aromatic nitrogens is 1. The van der Waals surface area contributed by atoms with Crippen LogP contribution < -0.4 is 23.8 Å². The number of pyridine rings is 1. The Hall–Kier alpha value is -3.74. The molecule has 0 spiro atoms. The molecule has 2 heterocycles. The fourth-order valence-electron chi connectivity index (χ4n) is 3.35. The molecule has 3 aromatic rings. The molecule has 0 bridgehead atoms. The van der Waals surface area contributed by atoms with Crippen molar-refractivity contribution in [2.45, 2.75) is 13.0 Å². The number of anilines is 1. The van der Waals surface area contributed by atoms with Crippen molar-refractivity contribution in [2.24, 2.45) is 0 Å². The van der Waals surface area contributed by atoms with Crippen molar-refractivity contribution >= 4 is 11.6 Å². The largest absolute Gasteiger partial charge is 0.497 e. The minimum absolute atomic E-state index is 0.167. The Kier molecular flexibility index (Phi) is 5.93. The van der Waals surface area contributed by atoms with Crippen molar-refractivity contribution in [1.29, 1.82) is 0 Å². The van der Waals surface area contributed by atoms with Gasteiger partial charge in [0.15, 0.2) is 6.10 Å². The van der Waals surface area contributed by atoms with Crippen LogP contribution in [0.4, 0.5) is 5.69 Å². The normalized spacial score (nSPS) is 15.5. The van der Waals surface area contributed by atoms with E-state index in [1.165, 1.54) is 0 Å². The van der Waals surface area contributed by atoms with E-state index in [0.29, 0.717) is 23.7 Å². The molecule has 1 aliphatic heterocycles. The monoisotopic (exact) mass is 420 g/mol. The molecule has 0 saturated heterocycles. The molecule has 1 atom stereocenters. The number of hydrogen-bond donors (Lipinski definition) is 0. The van der Waals surface area contributed by atoms with Crippen molar-refractivity contribution < 1.29 is 23.7 Å². The van der Waals surface area contributed by atoms with Crippen LogP contribution in [0.1, 0.15) is 16.1 Å². The van der Waals surface area contributed by atoms with Crippen LogP contribution in [0.25, 0.3) is 0 Å². The Labute approximate surface area is 181 Å². The quantitative estimate of drug-likeness (QED) is 0.603. The third-order valence-electron chi connectivity index (χ3n) is 5.02. The van der Waals surface area contributed by atoms with E-state index in [4.69, 9.17) is 18.9 Å². The summed E-state index contributed by atoms with van der Waals surface area (Å²) in [5.74, 6) is 2.32. The summed E-state index contributed by atoms with van der Waals surface area (Å²) in [6, 6.07) is 18.2. The van der Waals surface area contributed by atoms with Crippen LogP contribution in [0, 0.1) is 6.92 Å². The maximum absolute atomic E-state index is 13.3. The maximum atomic E-state index is 13.3. The van der Waals surface area contributed by atoms with Gasteiger partial charge in [-0.05, 0) is 67.6 Å². The summed E-state index contributed by atoms with van der Waals surface area (Å²) in [4.78, 5) is 19.4. The molecule has 1 aliphatic rings. The molecule has 160 valence electrons. The van der Waals surface area contributed by atoms with Gasteiger partial charge in [-0.3, -0.25) is 4.79 Å². The van der Waals surface area contributed by atoms with E-state index in [0.717, 1.165) is 22.9 Å². The number of carbonyl (C=O) groups excluding carboxylic acids is 1. The molecule has 0 fully saturated rings. The highest BCUT2D eigenvalue weighted by atomic mass is 16.5. The molecular formula is C24H24N2O5. The predicted molar refractivity (Wildman–Crippen MR) is 117 cm³/mol. The highest BCUT2D eigenvalue weighted by molar-refractivity contribution is 6.08. The average Bonchev–Trinajstić information content (AvgIpc) is 2.94. The molecule has 7 heteroatoms. The number of ether oxygens (including phenoxy) is 4. The van der Waals surface area contributed by atoms with Gasteiger partial charge in [0.2, 0.25) is 5.88 Å². The summed E-state index contributed by atoms with van der Waals surface area (Å²) in [5, 5.41) is 0. The Balaban J connectivity index is 1.60. The lowest BCUT2D eigenvalue weighted by Gasteiger charge is -2.24. The standard InChI is InChI=1S/C24H24N2O5/c1-16-4-13-22-23(25-16)31-21(15-30-20-11-9-19(29-3)10-12-20)14-26(24(22)27)17-5-7-18(28-2)8-6-17/h4-13,21H,14-15H2,1-3H3. The minimum Gasteiger partial charge on any atom is -0.497 e. The summed E-state index contributed by atoms with van der Waals surface area (Å²) in [6.07, 6.45) is -0.413. The number of nitrogens with zero attached hydrogens (tertiary/aromatic N) is 2. The maximum Gasteiger partial charge on any atom is 0.263 e. The van der Waals surface area contributed by atoms with Gasteiger partial charge in [-0.2, -0.15) is 0 Å². The van der Waals surface area contributed by atoms with Crippen LogP contribution in [0.15, 0.2) is 60.7 Å². The summed E-state index contributed by atoms with van der Waals surface area (Å²) in [6.45, 7) is 2.43. The van der Waals surface area contributed by atoms with Crippen LogP contribution in [0.3, 0.4) is 0 Å². The Morgan fingerprint density at radius 3 is 2.19 bits per heavy atom. The van der Waals surface area contributed by atoms with Gasteiger partial charge in [0.25, 0.3) is 5.91 Å². The van der Waals surface area contributed by atoms with Gasteiger partial charge in [0, 0.05) is 11.4 Å². The number of hydrogen-bond acceptors (Lipinski definition) is 6. The highest BCUT2D eigenvalue weighted by Crippen LogP contribution is 2.29. The van der Waals surface area contributed by atoms with Gasteiger partial charge < -0.3 is 23.8 Å². The molecule has 1 aromatic heterocycles. The first kappa shape index (κ1) is 20.5. The van der Waals surface area contributed by atoms with Crippen LogP contribution in [0.2, 0.25) is 0 Å². The molecule has 0 radical (unpaired) electrons. The van der Waals surface area contributed by atoms with Crippen molar-refractivity contribution in [3.8, 4) is 23.1 Å². The lowest BCUT2D eigenvalue weighted by molar-refractivity contribution is 0.0980. The van der Waals surface area contributed by atoms with E-state index < -0.39 is 6.10 Å². The number of rotatable bonds is 6. The second-order valence-electron chi connectivity index (χ2n) is 7.15. The third kappa shape index (κ3) is 4.55. The first-order valence-corrected chi connectivity index (χ1v) is 9.94. The van der Waals surface area contributed by atoms with Crippen molar-refractivity contribution in [1.82, 2.24) is 4.98 Å². The summed E-state index contributed by atoms with van der Waals surface area (Å²) in [7, 11) is 3.23. The van der Waals surface area contributed by atoms with E-state index in [9.17, 15) is 4.79 Å². The van der Waals surface area contributed by atoms with Gasteiger partial charge in [0.05, 0.1) is 20.8 Å². The SMILES string of the molecule is COc1ccc(OCC2CN(c3ccc(OC)cc3)C(=O)c3ccc(C)nc3O2)cc1. The average molecular weight is 420 g/mol. The van der Waals surface area contributed by atoms with Crippen LogP contribution in [-0.4, -0.2) is 44.4 Å². The third-order valence-corrected chi connectivity index (χ3v) is 5.02. The van der Waals surface area contributed by atoms with Gasteiger partial charge in [-0.15, -0.1) is 0 Å². The van der Waals surface area contributed by atoms with E-state index in [-0.39, 0.29) is 12.5 Å². The van der Waals surface area contributed by atoms with E-state index in [1.54, 1.807) is 31.3 Å². The zero-order chi connectivity index (χ0) is 21.8. The fraction of sp³-hybridized carbons (Fsp3) is 0.250.